The second-order valence-electron chi connectivity index (χ2n) is 7.57. The van der Waals surface area contributed by atoms with Gasteiger partial charge in [-0.1, -0.05) is 18.2 Å². The van der Waals surface area contributed by atoms with Crippen LogP contribution >= 0.6 is 22.7 Å². The Balaban J connectivity index is 1.26. The Bertz CT molecular complexity index is 1090. The van der Waals surface area contributed by atoms with E-state index >= 15 is 0 Å². The second kappa shape index (κ2) is 10.5. The van der Waals surface area contributed by atoms with E-state index in [0.29, 0.717) is 30.2 Å². The first kappa shape index (κ1) is 22.2. The van der Waals surface area contributed by atoms with Crippen LogP contribution in [0.3, 0.4) is 0 Å². The lowest BCUT2D eigenvalue weighted by Gasteiger charge is -2.27. The van der Waals surface area contributed by atoms with E-state index in [-0.39, 0.29) is 24.1 Å². The van der Waals surface area contributed by atoms with E-state index in [2.05, 4.69) is 15.6 Å². The first-order chi connectivity index (χ1) is 15.6. The first-order valence-corrected chi connectivity index (χ1v) is 12.3. The number of amides is 3. The highest BCUT2D eigenvalue weighted by Gasteiger charge is 2.19. The Kier molecular flexibility index (Phi) is 7.28. The molecule has 0 saturated carbocycles. The molecule has 3 aromatic rings. The third kappa shape index (κ3) is 6.02. The molecule has 9 heteroatoms. The Morgan fingerprint density at radius 2 is 1.97 bits per heavy atom. The number of hydrogen-bond acceptors (Lipinski definition) is 6. The molecule has 32 heavy (non-hydrogen) atoms. The smallest absolute Gasteiger partial charge is 0.231 e. The maximum atomic E-state index is 12.4. The van der Waals surface area contributed by atoms with Gasteiger partial charge in [0.1, 0.15) is 0 Å². The number of piperidine rings is 1. The van der Waals surface area contributed by atoms with Gasteiger partial charge in [-0.05, 0) is 42.0 Å². The fourth-order valence-corrected chi connectivity index (χ4v) is 4.95. The third-order valence-corrected chi connectivity index (χ3v) is 6.77. The lowest BCUT2D eigenvalue weighted by atomic mass is 10.1. The molecule has 1 saturated heterocycles. The van der Waals surface area contributed by atoms with Crippen LogP contribution in [0.5, 0.6) is 0 Å². The fraction of sp³-hybridized carbons (Fsp3) is 0.304. The summed E-state index contributed by atoms with van der Waals surface area (Å²) in [4.78, 5) is 43.8. The van der Waals surface area contributed by atoms with Crippen LogP contribution in [-0.4, -0.2) is 29.3 Å². The van der Waals surface area contributed by atoms with Crippen LogP contribution in [0.1, 0.15) is 35.4 Å². The summed E-state index contributed by atoms with van der Waals surface area (Å²) in [6, 6.07) is 11.6. The summed E-state index contributed by atoms with van der Waals surface area (Å²) in [6.07, 6.45) is 3.00. The molecule has 7 nitrogen and oxygen atoms in total. The van der Waals surface area contributed by atoms with Gasteiger partial charge in [0.2, 0.25) is 17.7 Å². The molecule has 2 N–H and O–H groups in total. The zero-order valence-corrected chi connectivity index (χ0v) is 19.1. The van der Waals surface area contributed by atoms with E-state index in [1.165, 1.54) is 22.7 Å². The van der Waals surface area contributed by atoms with E-state index < -0.39 is 0 Å². The fourth-order valence-electron chi connectivity index (χ4n) is 3.52. The molecule has 0 radical (unpaired) electrons. The minimum absolute atomic E-state index is 0.120. The molecule has 2 aromatic heterocycles. The van der Waals surface area contributed by atoms with Crippen molar-refractivity contribution < 1.29 is 14.4 Å². The summed E-state index contributed by atoms with van der Waals surface area (Å²) in [7, 11) is 0. The number of benzene rings is 1. The third-order valence-electron chi connectivity index (χ3n) is 5.09. The summed E-state index contributed by atoms with van der Waals surface area (Å²) in [5, 5.41) is 9.90. The highest BCUT2D eigenvalue weighted by atomic mass is 32.1. The molecule has 3 amide bonds. The van der Waals surface area contributed by atoms with Crippen molar-refractivity contribution in [2.45, 2.75) is 38.6 Å². The van der Waals surface area contributed by atoms with Crippen molar-refractivity contribution in [2.24, 2.45) is 0 Å². The minimum atomic E-state index is -0.147. The predicted octanol–water partition coefficient (Wildman–Crippen LogP) is 3.76. The van der Waals surface area contributed by atoms with Crippen LogP contribution in [-0.2, 0) is 33.8 Å². The lowest BCUT2D eigenvalue weighted by molar-refractivity contribution is -0.121. The van der Waals surface area contributed by atoms with Gasteiger partial charge in [0.25, 0.3) is 0 Å². The minimum Gasteiger partial charge on any atom is -0.352 e. The van der Waals surface area contributed by atoms with Gasteiger partial charge in [-0.2, -0.15) is 0 Å². The van der Waals surface area contributed by atoms with E-state index in [4.69, 9.17) is 0 Å². The van der Waals surface area contributed by atoms with Gasteiger partial charge in [0.05, 0.1) is 18.5 Å². The van der Waals surface area contributed by atoms with Crippen LogP contribution in [0.2, 0.25) is 0 Å². The Hall–Kier alpha value is -3.04. The number of carbonyl (C=O) groups is 3. The first-order valence-electron chi connectivity index (χ1n) is 10.5. The van der Waals surface area contributed by atoms with Crippen LogP contribution < -0.4 is 15.5 Å². The molecule has 1 aromatic carbocycles. The highest BCUT2D eigenvalue weighted by Crippen LogP contribution is 2.22. The number of aromatic nitrogens is 1. The molecular weight excluding hydrogens is 444 g/mol. The Morgan fingerprint density at radius 3 is 2.78 bits per heavy atom. The normalized spacial score (nSPS) is 13.8. The van der Waals surface area contributed by atoms with Crippen LogP contribution in [0.4, 0.5) is 10.8 Å². The van der Waals surface area contributed by atoms with Crippen LogP contribution in [0, 0.1) is 0 Å². The summed E-state index contributed by atoms with van der Waals surface area (Å²) < 4.78 is 0. The number of anilines is 2. The molecule has 166 valence electrons. The highest BCUT2D eigenvalue weighted by molar-refractivity contribution is 7.14. The zero-order valence-electron chi connectivity index (χ0n) is 17.5. The van der Waals surface area contributed by atoms with Gasteiger partial charge in [-0.15, -0.1) is 22.7 Å². The molecule has 1 fully saturated rings. The molecule has 1 aliphatic rings. The van der Waals surface area contributed by atoms with E-state index in [1.54, 1.807) is 5.38 Å². The van der Waals surface area contributed by atoms with Gasteiger partial charge < -0.3 is 15.5 Å². The lowest BCUT2D eigenvalue weighted by Crippen LogP contribution is -2.35. The summed E-state index contributed by atoms with van der Waals surface area (Å²) in [6.45, 7) is 1.12. The van der Waals surface area contributed by atoms with Crippen molar-refractivity contribution in [3.8, 4) is 0 Å². The van der Waals surface area contributed by atoms with Gasteiger partial charge in [-0.3, -0.25) is 14.4 Å². The molecule has 4 rings (SSSR count). The number of thiophene rings is 1. The number of nitrogens with one attached hydrogen (secondary N) is 2. The van der Waals surface area contributed by atoms with E-state index in [1.807, 2.05) is 46.7 Å². The molecule has 0 aliphatic carbocycles. The topological polar surface area (TPSA) is 91.4 Å². The van der Waals surface area contributed by atoms with Gasteiger partial charge in [0, 0.05) is 35.5 Å². The molecular formula is C23H24N4O3S2. The molecule has 0 unspecified atom stereocenters. The van der Waals surface area contributed by atoms with E-state index in [9.17, 15) is 14.4 Å². The monoisotopic (exact) mass is 468 g/mol. The van der Waals surface area contributed by atoms with Crippen molar-refractivity contribution in [1.82, 2.24) is 10.3 Å². The second-order valence-corrected chi connectivity index (χ2v) is 9.46. The number of hydrogen-bond donors (Lipinski definition) is 2. The number of thiazole rings is 1. The van der Waals surface area contributed by atoms with Crippen molar-refractivity contribution >= 4 is 51.2 Å². The van der Waals surface area contributed by atoms with Crippen molar-refractivity contribution in [3.05, 3.63) is 63.3 Å². The quantitative estimate of drug-likeness (QED) is 0.527. The number of nitrogens with zero attached hydrogens (tertiary/aromatic N) is 2. The molecule has 1 aliphatic heterocycles. The summed E-state index contributed by atoms with van der Waals surface area (Å²) >= 11 is 2.85. The van der Waals surface area contributed by atoms with Gasteiger partial charge in [-0.25, -0.2) is 4.98 Å². The number of rotatable bonds is 8. The average Bonchev–Trinajstić information content (AvgIpc) is 3.45. The maximum absolute atomic E-state index is 12.4. The van der Waals surface area contributed by atoms with Crippen molar-refractivity contribution in [3.63, 3.8) is 0 Å². The largest absolute Gasteiger partial charge is 0.352 e. The van der Waals surface area contributed by atoms with Gasteiger partial charge >= 0.3 is 0 Å². The summed E-state index contributed by atoms with van der Waals surface area (Å²) in [5.41, 5.74) is 2.43. The van der Waals surface area contributed by atoms with E-state index in [0.717, 1.165) is 35.5 Å². The Labute approximate surface area is 194 Å². The zero-order chi connectivity index (χ0) is 22.3. The average molecular weight is 469 g/mol. The maximum Gasteiger partial charge on any atom is 0.231 e. The molecule has 0 bridgehead atoms. The molecule has 0 spiro atoms. The van der Waals surface area contributed by atoms with Crippen molar-refractivity contribution in [1.29, 1.82) is 0 Å². The SMILES string of the molecule is O=C(Cc1csc(NC(=O)Cc2cccs2)n1)NCc1cccc(N2CCCCC2=O)c1. The van der Waals surface area contributed by atoms with Crippen LogP contribution in [0.15, 0.2) is 47.2 Å². The summed E-state index contributed by atoms with van der Waals surface area (Å²) in [5.74, 6) is -0.115. The van der Waals surface area contributed by atoms with Crippen molar-refractivity contribution in [2.75, 3.05) is 16.8 Å². The molecule has 0 atom stereocenters. The van der Waals surface area contributed by atoms with Crippen LogP contribution in [0.25, 0.3) is 0 Å². The molecule has 3 heterocycles. The van der Waals surface area contributed by atoms with Gasteiger partial charge in [0.15, 0.2) is 5.13 Å². The number of carbonyl (C=O) groups excluding carboxylic acids is 3. The Morgan fingerprint density at radius 1 is 1.06 bits per heavy atom. The predicted molar refractivity (Wildman–Crippen MR) is 127 cm³/mol. The standard InChI is InChI=1S/C23H24N4O3S2/c28-20(12-17-15-32-23(25-17)26-21(29)13-19-7-4-10-31-19)24-14-16-5-3-6-18(11-16)27-9-2-1-8-22(27)30/h3-7,10-11,15H,1-2,8-9,12-14H2,(H,24,28)(H,25,26,29).